The molecule has 3 aliphatic rings. The number of hydrazone groups is 1. The molecule has 0 radical (unpaired) electrons. The SMILES string of the molecule is CC.CC(C)(C)[C@H](N=C/C(CCC1CCNCC1)=N\N)C(=O)N1CCC[C@H]1C=O.CC=N/C(C)=C(\C)c1ccc(CNC)cc1.CCC.CSCl.C[C@@]1(COSc2ccc(N)cc2)CC1(F)F. The van der Waals surface area contributed by atoms with E-state index in [4.69, 9.17) is 26.4 Å². The van der Waals surface area contributed by atoms with Gasteiger partial charge < -0.3 is 36.1 Å². The second-order valence-electron chi connectivity index (χ2n) is 17.8. The summed E-state index contributed by atoms with van der Waals surface area (Å²) >= 11 is 1.11. The molecule has 2 saturated heterocycles. The molecule has 16 heteroatoms. The van der Waals surface area contributed by atoms with Crippen molar-refractivity contribution in [3.63, 3.8) is 0 Å². The highest BCUT2D eigenvalue weighted by Crippen LogP contribution is 2.60. The van der Waals surface area contributed by atoms with E-state index in [1.54, 1.807) is 35.4 Å². The fourth-order valence-electron chi connectivity index (χ4n) is 6.80. The summed E-state index contributed by atoms with van der Waals surface area (Å²) in [7, 11) is 8.09. The number of benzene rings is 2. The maximum atomic E-state index is 13.0. The van der Waals surface area contributed by atoms with Crippen LogP contribution in [0.2, 0.25) is 0 Å². The van der Waals surface area contributed by atoms with Crippen molar-refractivity contribution in [1.29, 1.82) is 0 Å². The average molecular weight is 996 g/mol. The number of anilines is 1. The van der Waals surface area contributed by atoms with Crippen LogP contribution in [0.4, 0.5) is 14.5 Å². The third kappa shape index (κ3) is 24.7. The van der Waals surface area contributed by atoms with Crippen molar-refractivity contribution in [3.8, 4) is 0 Å². The first-order chi connectivity index (χ1) is 31.8. The van der Waals surface area contributed by atoms with E-state index in [0.717, 1.165) is 80.0 Å². The molecule has 11 nitrogen and oxygen atoms in total. The number of halogens is 3. The van der Waals surface area contributed by atoms with Gasteiger partial charge in [0.25, 0.3) is 5.92 Å². The van der Waals surface area contributed by atoms with Gasteiger partial charge in [-0.25, -0.2) is 8.78 Å². The Hall–Kier alpha value is -3.34. The molecule has 6 N–H and O–H groups in total. The van der Waals surface area contributed by atoms with Crippen LogP contribution < -0.4 is 22.2 Å². The number of nitrogens with zero attached hydrogens (tertiary/aromatic N) is 4. The second-order valence-corrected chi connectivity index (χ2v) is 19.9. The number of likely N-dealkylation sites (tertiary alicyclic amines) is 1. The van der Waals surface area contributed by atoms with Crippen LogP contribution in [0, 0.1) is 16.7 Å². The van der Waals surface area contributed by atoms with Gasteiger partial charge in [0.15, 0.2) is 0 Å². The molecule has 2 heterocycles. The lowest BCUT2D eigenvalue weighted by Crippen LogP contribution is -2.47. The molecule has 1 amide bonds. The van der Waals surface area contributed by atoms with Gasteiger partial charge in [-0.1, -0.05) is 97.1 Å². The monoisotopic (exact) mass is 995 g/mol. The zero-order chi connectivity index (χ0) is 51.1. The molecule has 0 unspecified atom stereocenters. The molecular weight excluding hydrogens is 910 g/mol. The number of amides is 1. The van der Waals surface area contributed by atoms with E-state index >= 15 is 0 Å². The van der Waals surface area contributed by atoms with Crippen LogP contribution in [-0.2, 0) is 20.3 Å². The molecule has 380 valence electrons. The number of carbonyl (C=O) groups is 2. The van der Waals surface area contributed by atoms with Crippen LogP contribution >= 0.6 is 33.7 Å². The van der Waals surface area contributed by atoms with Crippen LogP contribution in [-0.4, -0.2) is 92.8 Å². The number of carbonyl (C=O) groups excluding carboxylic acids is 2. The second kappa shape index (κ2) is 34.9. The van der Waals surface area contributed by atoms with E-state index in [2.05, 4.69) is 70.8 Å². The van der Waals surface area contributed by atoms with Crippen LogP contribution in [0.1, 0.15) is 139 Å². The molecule has 3 fully saturated rings. The predicted octanol–water partition coefficient (Wildman–Crippen LogP) is 12.3. The highest BCUT2D eigenvalue weighted by Gasteiger charge is 2.68. The van der Waals surface area contributed by atoms with Gasteiger partial charge in [-0.2, -0.15) is 5.10 Å². The average Bonchev–Trinajstić information content (AvgIpc) is 3.55. The Kier molecular flexibility index (Phi) is 33.1. The Bertz CT molecular complexity index is 1790. The molecule has 3 atom stereocenters. The zero-order valence-electron chi connectivity index (χ0n) is 42.9. The minimum atomic E-state index is -2.56. The molecule has 5 rings (SSSR count). The Morgan fingerprint density at radius 3 is 2.12 bits per heavy atom. The highest BCUT2D eigenvalue weighted by atomic mass is 35.7. The van der Waals surface area contributed by atoms with Gasteiger partial charge in [-0.3, -0.25) is 14.8 Å². The van der Waals surface area contributed by atoms with E-state index in [0.29, 0.717) is 18.2 Å². The number of nitrogens with two attached hydrogens (primary N) is 2. The van der Waals surface area contributed by atoms with Crippen LogP contribution in [0.15, 0.2) is 74.2 Å². The molecule has 2 aromatic carbocycles. The molecule has 1 aliphatic carbocycles. The largest absolute Gasteiger partial charge is 0.399 e. The molecule has 2 aromatic rings. The summed E-state index contributed by atoms with van der Waals surface area (Å²) in [5.41, 5.74) is 10.4. The fourth-order valence-corrected chi connectivity index (χ4v) is 7.50. The van der Waals surface area contributed by atoms with Gasteiger partial charge in [0.1, 0.15) is 12.3 Å². The standard InChI is InChI=1S/C20H35N5O2.C14H20N2.C11H13F2NOS.C3H8.C2H6.CH3ClS/c1-20(2,3)18(19(27)25-12-4-5-17(25)14-26)23-13-16(24-21)7-6-15-8-10-22-11-9-15;1-5-16-12(3)11(2)14-8-6-13(7-9-14)10-15-4;1-10(6-11(10,12)13)7-15-16-9-4-2-8(14)3-5-9;1-3-2;1-2;1-3-2/h13-15,17-18,22H,4-12,21H2,1-3H3;5-9,15H,10H2,1-4H3;2-5H,6-7,14H2,1H3;3H2,1-2H3;1-2H3;1H3/b23-13?,24-16-;12-11+,16-5?;;;;/t17-,18+;;10-;;;/m0.0.../s1. The number of nitrogens with one attached hydrogen (secondary N) is 2. The first-order valence-electron chi connectivity index (χ1n) is 23.7. The number of allylic oxidation sites excluding steroid dienone is 2. The smallest absolute Gasteiger partial charge is 0.256 e. The summed E-state index contributed by atoms with van der Waals surface area (Å²) in [6.07, 6.45) is 13.1. The Labute approximate surface area is 416 Å². The minimum Gasteiger partial charge on any atom is -0.399 e. The first-order valence-corrected chi connectivity index (χ1v) is 26.4. The van der Waals surface area contributed by atoms with E-state index in [-0.39, 0.29) is 30.4 Å². The summed E-state index contributed by atoms with van der Waals surface area (Å²) in [6, 6.07) is 14.8. The van der Waals surface area contributed by atoms with Crippen molar-refractivity contribution in [3.05, 3.63) is 65.4 Å². The maximum absolute atomic E-state index is 13.0. The Morgan fingerprint density at radius 1 is 1.07 bits per heavy atom. The van der Waals surface area contributed by atoms with E-state index in [9.17, 15) is 18.4 Å². The number of nitrogen functional groups attached to an aromatic ring is 1. The van der Waals surface area contributed by atoms with Crippen molar-refractivity contribution < 1.29 is 22.6 Å². The van der Waals surface area contributed by atoms with Crippen molar-refractivity contribution in [2.45, 2.75) is 157 Å². The van der Waals surface area contributed by atoms with Crippen molar-refractivity contribution in [2.24, 2.45) is 37.7 Å². The van der Waals surface area contributed by atoms with E-state index in [1.807, 2.05) is 68.0 Å². The highest BCUT2D eigenvalue weighted by molar-refractivity contribution is 8.20. The topological polar surface area (TPSA) is 160 Å². The van der Waals surface area contributed by atoms with Crippen molar-refractivity contribution in [2.75, 3.05) is 45.3 Å². The molecule has 1 saturated carbocycles. The lowest BCUT2D eigenvalue weighted by atomic mass is 9.86. The molecule has 67 heavy (non-hydrogen) atoms. The zero-order valence-corrected chi connectivity index (χ0v) is 45.3. The number of hydrogen-bond donors (Lipinski definition) is 4. The van der Waals surface area contributed by atoms with Gasteiger partial charge in [0, 0.05) is 60.3 Å². The number of piperidine rings is 1. The predicted molar refractivity (Wildman–Crippen MR) is 288 cm³/mol. The third-order valence-electron chi connectivity index (χ3n) is 11.0. The van der Waals surface area contributed by atoms with Gasteiger partial charge in [0.05, 0.1) is 23.8 Å². The number of alkyl halides is 2. The number of aliphatic imine (C=N–C) groups is 2. The third-order valence-corrected chi connectivity index (χ3v) is 11.7. The van der Waals surface area contributed by atoms with Gasteiger partial charge >= 0.3 is 0 Å². The maximum Gasteiger partial charge on any atom is 0.256 e. The molecule has 0 aromatic heterocycles. The summed E-state index contributed by atoms with van der Waals surface area (Å²) in [6.45, 7) is 25.6. The number of rotatable bonds is 15. The van der Waals surface area contributed by atoms with Gasteiger partial charge in [0.2, 0.25) is 5.91 Å². The lowest BCUT2D eigenvalue weighted by molar-refractivity contribution is -0.137. The molecule has 0 bridgehead atoms. The van der Waals surface area contributed by atoms with E-state index in [1.165, 1.54) is 53.9 Å². The van der Waals surface area contributed by atoms with Crippen LogP contribution in [0.25, 0.3) is 5.57 Å². The van der Waals surface area contributed by atoms with Gasteiger partial charge in [-0.15, -0.1) is 0 Å². The Balaban J connectivity index is 0.000000940. The molecule has 2 aliphatic heterocycles. The number of aldehydes is 1. The van der Waals surface area contributed by atoms with Gasteiger partial charge in [-0.05, 0) is 149 Å². The first kappa shape index (κ1) is 63.7. The summed E-state index contributed by atoms with van der Waals surface area (Å²) in [4.78, 5) is 35.7. The van der Waals surface area contributed by atoms with Crippen LogP contribution in [0.5, 0.6) is 0 Å². The summed E-state index contributed by atoms with van der Waals surface area (Å²) in [5.74, 6) is 3.62. The quantitative estimate of drug-likeness (QED) is 0.0340. The molecular formula is C51H85ClF2N8O3S2. The molecule has 0 spiro atoms. The van der Waals surface area contributed by atoms with Crippen molar-refractivity contribution >= 4 is 75.3 Å². The Morgan fingerprint density at radius 2 is 1.64 bits per heavy atom. The fraction of sp³-hybridized carbons (Fsp3) is 0.627. The summed E-state index contributed by atoms with van der Waals surface area (Å²) in [5, 5.41) is 10.4. The van der Waals surface area contributed by atoms with Crippen molar-refractivity contribution in [1.82, 2.24) is 15.5 Å². The summed E-state index contributed by atoms with van der Waals surface area (Å²) < 4.78 is 30.9. The normalized spacial score (nSPS) is 19.7. The van der Waals surface area contributed by atoms with Crippen LogP contribution in [0.3, 0.4) is 0 Å². The lowest BCUT2D eigenvalue weighted by Gasteiger charge is -2.31. The minimum absolute atomic E-state index is 0.0645. The number of hydrogen-bond acceptors (Lipinski definition) is 12. The van der Waals surface area contributed by atoms with E-state index < -0.39 is 17.4 Å².